The van der Waals surface area contributed by atoms with Gasteiger partial charge in [0.05, 0.1) is 23.8 Å². The molecule has 20 heavy (non-hydrogen) atoms. The summed E-state index contributed by atoms with van der Waals surface area (Å²) in [6, 6.07) is 9.76. The molecule has 1 aromatic carbocycles. The van der Waals surface area contributed by atoms with Crippen LogP contribution in [-0.4, -0.2) is 24.8 Å². The minimum atomic E-state index is 0.833. The summed E-state index contributed by atoms with van der Waals surface area (Å²) in [5.74, 6) is 0.833. The van der Waals surface area contributed by atoms with Crippen LogP contribution < -0.4 is 0 Å². The summed E-state index contributed by atoms with van der Waals surface area (Å²) in [5.41, 5.74) is 1.90. The molecule has 5 heteroatoms. The Labute approximate surface area is 118 Å². The second kappa shape index (κ2) is 6.65. The highest BCUT2D eigenvalue weighted by molar-refractivity contribution is 5.41. The van der Waals surface area contributed by atoms with Crippen LogP contribution in [0.4, 0.5) is 0 Å². The van der Waals surface area contributed by atoms with Crippen molar-refractivity contribution in [3.63, 3.8) is 0 Å². The Balaban J connectivity index is 0.000000328. The van der Waals surface area contributed by atoms with Crippen molar-refractivity contribution in [2.24, 2.45) is 5.92 Å². The standard InChI is InChI=1S/C11H9N5.C4H10/c1-3-10(15-8-2-5-12-15)9-11(4-1)16-13-6-7-14-16;1-4(2)3/h1-9H;4H,1-3H3. The van der Waals surface area contributed by atoms with Gasteiger partial charge in [0.25, 0.3) is 0 Å². The zero-order valence-electron chi connectivity index (χ0n) is 12.0. The Morgan fingerprint density at radius 3 is 2.10 bits per heavy atom. The van der Waals surface area contributed by atoms with Crippen LogP contribution in [0.15, 0.2) is 55.1 Å². The van der Waals surface area contributed by atoms with Gasteiger partial charge < -0.3 is 0 Å². The number of hydrogen-bond donors (Lipinski definition) is 0. The van der Waals surface area contributed by atoms with Gasteiger partial charge in [0, 0.05) is 12.4 Å². The topological polar surface area (TPSA) is 48.5 Å². The lowest BCUT2D eigenvalue weighted by atomic mass is 10.3. The molecule has 0 saturated carbocycles. The number of hydrogen-bond acceptors (Lipinski definition) is 3. The molecule has 3 rings (SSSR count). The highest BCUT2D eigenvalue weighted by atomic mass is 15.5. The smallest absolute Gasteiger partial charge is 0.0878 e. The largest absolute Gasteiger partial charge is 0.241 e. The third-order valence-corrected chi connectivity index (χ3v) is 2.25. The van der Waals surface area contributed by atoms with Crippen LogP contribution in [-0.2, 0) is 0 Å². The molecule has 0 amide bonds. The molecule has 2 aromatic heterocycles. The Kier molecular flexibility index (Phi) is 4.65. The summed E-state index contributed by atoms with van der Waals surface area (Å²) >= 11 is 0. The summed E-state index contributed by atoms with van der Waals surface area (Å²) in [5, 5.41) is 12.3. The van der Waals surface area contributed by atoms with E-state index in [-0.39, 0.29) is 0 Å². The molecule has 0 atom stereocenters. The van der Waals surface area contributed by atoms with E-state index in [4.69, 9.17) is 0 Å². The first-order valence-corrected chi connectivity index (χ1v) is 6.63. The molecule has 0 bridgehead atoms. The van der Waals surface area contributed by atoms with E-state index in [1.54, 1.807) is 28.1 Å². The number of rotatable bonds is 2. The van der Waals surface area contributed by atoms with Gasteiger partial charge in [-0.1, -0.05) is 26.8 Å². The zero-order valence-corrected chi connectivity index (χ0v) is 12.0. The highest BCUT2D eigenvalue weighted by Crippen LogP contribution is 2.11. The molecule has 0 aliphatic heterocycles. The summed E-state index contributed by atoms with van der Waals surface area (Å²) in [4.78, 5) is 1.58. The second-order valence-corrected chi connectivity index (χ2v) is 5.02. The van der Waals surface area contributed by atoms with Crippen LogP contribution in [0.3, 0.4) is 0 Å². The van der Waals surface area contributed by atoms with Crippen molar-refractivity contribution < 1.29 is 0 Å². The predicted molar refractivity (Wildman–Crippen MR) is 79.0 cm³/mol. The van der Waals surface area contributed by atoms with Gasteiger partial charge in [0.2, 0.25) is 0 Å². The molecule has 0 aliphatic carbocycles. The van der Waals surface area contributed by atoms with Crippen LogP contribution in [0, 0.1) is 5.92 Å². The Hall–Kier alpha value is -2.43. The van der Waals surface area contributed by atoms with Crippen molar-refractivity contribution in [2.45, 2.75) is 20.8 Å². The van der Waals surface area contributed by atoms with E-state index >= 15 is 0 Å². The molecular weight excluding hydrogens is 250 g/mol. The van der Waals surface area contributed by atoms with Gasteiger partial charge in [0.1, 0.15) is 0 Å². The van der Waals surface area contributed by atoms with Crippen LogP contribution in [0.2, 0.25) is 0 Å². The third kappa shape index (κ3) is 3.78. The van der Waals surface area contributed by atoms with E-state index in [9.17, 15) is 0 Å². The third-order valence-electron chi connectivity index (χ3n) is 2.25. The normalized spacial score (nSPS) is 10.2. The molecule has 0 fully saturated rings. The van der Waals surface area contributed by atoms with Gasteiger partial charge in [-0.25, -0.2) is 4.68 Å². The van der Waals surface area contributed by atoms with Crippen LogP contribution >= 0.6 is 0 Å². The molecule has 0 radical (unpaired) electrons. The van der Waals surface area contributed by atoms with Crippen molar-refractivity contribution in [1.82, 2.24) is 24.8 Å². The van der Waals surface area contributed by atoms with E-state index in [2.05, 4.69) is 36.1 Å². The van der Waals surface area contributed by atoms with E-state index in [0.29, 0.717) is 0 Å². The monoisotopic (exact) mass is 269 g/mol. The predicted octanol–water partition coefficient (Wildman–Crippen LogP) is 3.12. The molecule has 0 aliphatic rings. The maximum absolute atomic E-state index is 4.18. The van der Waals surface area contributed by atoms with Crippen molar-refractivity contribution >= 4 is 0 Å². The van der Waals surface area contributed by atoms with Crippen LogP contribution in [0.25, 0.3) is 11.4 Å². The van der Waals surface area contributed by atoms with Gasteiger partial charge in [-0.05, 0) is 30.2 Å². The van der Waals surface area contributed by atoms with Crippen LogP contribution in [0.1, 0.15) is 20.8 Å². The summed E-state index contributed by atoms with van der Waals surface area (Å²) in [6.07, 6.45) is 6.95. The SMILES string of the molecule is CC(C)C.c1cc(-n2cccn2)cc(-n2nccn2)c1. The van der Waals surface area contributed by atoms with E-state index in [1.165, 1.54) is 0 Å². The molecule has 104 valence electrons. The minimum absolute atomic E-state index is 0.833. The summed E-state index contributed by atoms with van der Waals surface area (Å²) in [6.45, 7) is 6.50. The molecule has 0 unspecified atom stereocenters. The van der Waals surface area contributed by atoms with Gasteiger partial charge in [-0.2, -0.15) is 20.1 Å². The average Bonchev–Trinajstić information content (AvgIpc) is 3.12. The Morgan fingerprint density at radius 2 is 1.50 bits per heavy atom. The second-order valence-electron chi connectivity index (χ2n) is 5.02. The van der Waals surface area contributed by atoms with Crippen LogP contribution in [0.5, 0.6) is 0 Å². The highest BCUT2D eigenvalue weighted by Gasteiger charge is 2.00. The minimum Gasteiger partial charge on any atom is -0.241 e. The van der Waals surface area contributed by atoms with Crippen molar-refractivity contribution in [3.8, 4) is 11.4 Å². The molecule has 5 nitrogen and oxygen atoms in total. The number of aromatic nitrogens is 5. The van der Waals surface area contributed by atoms with E-state index in [1.807, 2.05) is 36.5 Å². The Bertz CT molecular complexity index is 559. The lowest BCUT2D eigenvalue weighted by molar-refractivity contribution is 0.737. The quantitative estimate of drug-likeness (QED) is 0.718. The van der Waals surface area contributed by atoms with Gasteiger partial charge in [-0.3, -0.25) is 0 Å². The Morgan fingerprint density at radius 1 is 0.850 bits per heavy atom. The number of benzene rings is 1. The fourth-order valence-electron chi connectivity index (χ4n) is 1.53. The molecule has 2 heterocycles. The maximum atomic E-state index is 4.18. The molecule has 0 spiro atoms. The fraction of sp³-hybridized carbons (Fsp3) is 0.267. The lowest BCUT2D eigenvalue weighted by Gasteiger charge is -2.04. The van der Waals surface area contributed by atoms with E-state index in [0.717, 1.165) is 17.3 Å². The van der Waals surface area contributed by atoms with Gasteiger partial charge >= 0.3 is 0 Å². The first-order valence-electron chi connectivity index (χ1n) is 6.63. The van der Waals surface area contributed by atoms with Crippen molar-refractivity contribution in [1.29, 1.82) is 0 Å². The average molecular weight is 269 g/mol. The molecule has 0 saturated heterocycles. The van der Waals surface area contributed by atoms with Gasteiger partial charge in [-0.15, -0.1) is 0 Å². The van der Waals surface area contributed by atoms with Crippen molar-refractivity contribution in [3.05, 3.63) is 55.1 Å². The first kappa shape index (κ1) is 14.0. The first-order chi connectivity index (χ1) is 9.66. The fourth-order valence-corrected chi connectivity index (χ4v) is 1.53. The maximum Gasteiger partial charge on any atom is 0.0878 e. The number of nitrogens with zero attached hydrogens (tertiary/aromatic N) is 5. The molecular formula is C15H19N5. The zero-order chi connectivity index (χ0) is 14.4. The van der Waals surface area contributed by atoms with E-state index < -0.39 is 0 Å². The molecule has 0 N–H and O–H groups in total. The summed E-state index contributed by atoms with van der Waals surface area (Å²) in [7, 11) is 0. The van der Waals surface area contributed by atoms with Crippen molar-refractivity contribution in [2.75, 3.05) is 0 Å². The lowest BCUT2D eigenvalue weighted by Crippen LogP contribution is -2.00. The summed E-state index contributed by atoms with van der Waals surface area (Å²) < 4.78 is 1.80. The van der Waals surface area contributed by atoms with Gasteiger partial charge in [0.15, 0.2) is 0 Å². The molecule has 3 aromatic rings.